The van der Waals surface area contributed by atoms with Gasteiger partial charge in [0, 0.05) is 17.7 Å². The second-order valence-corrected chi connectivity index (χ2v) is 7.35. The average Bonchev–Trinajstić information content (AvgIpc) is 2.66. The van der Waals surface area contributed by atoms with Crippen molar-refractivity contribution in [2.75, 3.05) is 5.32 Å². The summed E-state index contributed by atoms with van der Waals surface area (Å²) in [5.74, 6) is 0.0525. The number of aliphatic hydroxyl groups excluding tert-OH is 1. The van der Waals surface area contributed by atoms with Crippen molar-refractivity contribution in [3.63, 3.8) is 0 Å². The number of anilines is 1. The Morgan fingerprint density at radius 2 is 1.42 bits per heavy atom. The highest BCUT2D eigenvalue weighted by atomic mass is 16.3. The Morgan fingerprint density at radius 3 is 2.00 bits per heavy atom. The molecule has 0 radical (unpaired) electrons. The molecule has 3 nitrogen and oxygen atoms in total. The molecule has 1 aromatic carbocycles. The number of unbranched alkanes of at least 4 members (excludes halogenated alkanes) is 10. The molecule has 0 heterocycles. The molecule has 0 aliphatic carbocycles. The SMILES string of the molecule is CCCCCCCCCCCCCC(=O)Nc1ccccc1[C@@H](O)CC. The topological polar surface area (TPSA) is 49.3 Å². The van der Waals surface area contributed by atoms with Crippen molar-refractivity contribution in [1.29, 1.82) is 0 Å². The highest BCUT2D eigenvalue weighted by Gasteiger charge is 2.11. The van der Waals surface area contributed by atoms with Crippen molar-refractivity contribution >= 4 is 11.6 Å². The number of aliphatic hydroxyl groups is 1. The minimum absolute atomic E-state index is 0.0525. The maximum absolute atomic E-state index is 12.1. The van der Waals surface area contributed by atoms with Gasteiger partial charge >= 0.3 is 0 Å². The standard InChI is InChI=1S/C23H39NO2/c1-3-5-6-7-8-9-10-11-12-13-14-19-23(26)24-21-18-16-15-17-20(21)22(25)4-2/h15-18,22,25H,3-14,19H2,1-2H3,(H,24,26)/t22-/m0/s1. The lowest BCUT2D eigenvalue weighted by Gasteiger charge is -2.14. The van der Waals surface area contributed by atoms with E-state index in [4.69, 9.17) is 0 Å². The van der Waals surface area contributed by atoms with Crippen molar-refractivity contribution in [2.24, 2.45) is 0 Å². The number of carbonyl (C=O) groups excluding carboxylic acids is 1. The molecule has 1 atom stereocenters. The number of benzene rings is 1. The molecule has 0 aliphatic heterocycles. The van der Waals surface area contributed by atoms with E-state index in [-0.39, 0.29) is 5.91 Å². The van der Waals surface area contributed by atoms with Gasteiger partial charge in [-0.25, -0.2) is 0 Å². The number of hydrogen-bond donors (Lipinski definition) is 2. The molecular formula is C23H39NO2. The molecule has 148 valence electrons. The average molecular weight is 362 g/mol. The van der Waals surface area contributed by atoms with Crippen molar-refractivity contribution in [3.05, 3.63) is 29.8 Å². The summed E-state index contributed by atoms with van der Waals surface area (Å²) in [4.78, 5) is 12.1. The second kappa shape index (κ2) is 14.8. The molecule has 0 aliphatic rings. The van der Waals surface area contributed by atoms with Gasteiger partial charge in [-0.05, 0) is 18.9 Å². The minimum Gasteiger partial charge on any atom is -0.388 e. The first-order valence-corrected chi connectivity index (χ1v) is 10.8. The van der Waals surface area contributed by atoms with Gasteiger partial charge in [0.05, 0.1) is 6.10 Å². The molecule has 0 fully saturated rings. The van der Waals surface area contributed by atoms with Gasteiger partial charge in [0.2, 0.25) is 5.91 Å². The third-order valence-corrected chi connectivity index (χ3v) is 4.99. The van der Waals surface area contributed by atoms with Crippen LogP contribution in [0.15, 0.2) is 24.3 Å². The van der Waals surface area contributed by atoms with E-state index >= 15 is 0 Å². The largest absolute Gasteiger partial charge is 0.388 e. The number of rotatable bonds is 15. The van der Waals surface area contributed by atoms with E-state index < -0.39 is 6.10 Å². The summed E-state index contributed by atoms with van der Waals surface area (Å²) in [5.41, 5.74) is 1.55. The normalized spacial score (nSPS) is 12.1. The predicted molar refractivity (Wildman–Crippen MR) is 111 cm³/mol. The number of nitrogens with one attached hydrogen (secondary N) is 1. The number of amides is 1. The van der Waals surface area contributed by atoms with Crippen LogP contribution >= 0.6 is 0 Å². The Bertz CT molecular complexity index is 487. The molecule has 0 unspecified atom stereocenters. The molecular weight excluding hydrogens is 322 g/mol. The molecule has 1 amide bonds. The summed E-state index contributed by atoms with van der Waals surface area (Å²) in [5, 5.41) is 13.0. The Labute approximate surface area is 160 Å². The predicted octanol–water partition coefficient (Wildman–Crippen LogP) is 6.77. The molecule has 26 heavy (non-hydrogen) atoms. The molecule has 0 spiro atoms. The van der Waals surface area contributed by atoms with Crippen LogP contribution in [0, 0.1) is 0 Å². The van der Waals surface area contributed by atoms with Gasteiger partial charge < -0.3 is 10.4 Å². The van der Waals surface area contributed by atoms with Gasteiger partial charge in [-0.3, -0.25) is 4.79 Å². The third kappa shape index (κ3) is 9.96. The zero-order chi connectivity index (χ0) is 19.0. The monoisotopic (exact) mass is 361 g/mol. The lowest BCUT2D eigenvalue weighted by atomic mass is 10.0. The lowest BCUT2D eigenvalue weighted by Crippen LogP contribution is -2.13. The summed E-state index contributed by atoms with van der Waals surface area (Å²) in [6.07, 6.45) is 14.8. The number of para-hydroxylation sites is 1. The molecule has 0 saturated heterocycles. The van der Waals surface area contributed by atoms with Crippen LogP contribution in [0.1, 0.15) is 109 Å². The highest BCUT2D eigenvalue weighted by Crippen LogP contribution is 2.25. The van der Waals surface area contributed by atoms with Gasteiger partial charge in [0.1, 0.15) is 0 Å². The van der Waals surface area contributed by atoms with Gasteiger partial charge in [0.25, 0.3) is 0 Å². The van der Waals surface area contributed by atoms with Crippen LogP contribution < -0.4 is 5.32 Å². The zero-order valence-corrected chi connectivity index (χ0v) is 16.9. The van der Waals surface area contributed by atoms with E-state index in [0.29, 0.717) is 12.8 Å². The number of hydrogen-bond acceptors (Lipinski definition) is 2. The molecule has 1 aromatic rings. The van der Waals surface area contributed by atoms with Crippen LogP contribution in [0.5, 0.6) is 0 Å². The van der Waals surface area contributed by atoms with Gasteiger partial charge in [-0.15, -0.1) is 0 Å². The summed E-state index contributed by atoms with van der Waals surface area (Å²) >= 11 is 0. The van der Waals surface area contributed by atoms with Gasteiger partial charge in [0.15, 0.2) is 0 Å². The van der Waals surface area contributed by atoms with Crippen molar-refractivity contribution in [1.82, 2.24) is 0 Å². The summed E-state index contributed by atoms with van der Waals surface area (Å²) < 4.78 is 0. The van der Waals surface area contributed by atoms with E-state index in [0.717, 1.165) is 24.1 Å². The summed E-state index contributed by atoms with van der Waals surface area (Å²) in [7, 11) is 0. The Hall–Kier alpha value is -1.35. The van der Waals surface area contributed by atoms with E-state index in [9.17, 15) is 9.90 Å². The Balaban J connectivity index is 2.09. The first-order valence-electron chi connectivity index (χ1n) is 10.8. The van der Waals surface area contributed by atoms with Crippen LogP contribution in [0.2, 0.25) is 0 Å². The molecule has 2 N–H and O–H groups in total. The van der Waals surface area contributed by atoms with Crippen molar-refractivity contribution < 1.29 is 9.90 Å². The molecule has 3 heteroatoms. The fourth-order valence-corrected chi connectivity index (χ4v) is 3.28. The quantitative estimate of drug-likeness (QED) is 0.339. The van der Waals surface area contributed by atoms with E-state index in [1.807, 2.05) is 31.2 Å². The van der Waals surface area contributed by atoms with Crippen molar-refractivity contribution in [3.8, 4) is 0 Å². The molecule has 1 rings (SSSR count). The maximum Gasteiger partial charge on any atom is 0.224 e. The van der Waals surface area contributed by atoms with Gasteiger partial charge in [-0.1, -0.05) is 96.3 Å². The van der Waals surface area contributed by atoms with Crippen LogP contribution in [0.4, 0.5) is 5.69 Å². The minimum atomic E-state index is -0.520. The Kier molecular flexibility index (Phi) is 12.9. The van der Waals surface area contributed by atoms with Crippen LogP contribution in [-0.4, -0.2) is 11.0 Å². The zero-order valence-electron chi connectivity index (χ0n) is 16.9. The molecule has 0 saturated carbocycles. The van der Waals surface area contributed by atoms with Crippen molar-refractivity contribution in [2.45, 2.75) is 103 Å². The smallest absolute Gasteiger partial charge is 0.224 e. The highest BCUT2D eigenvalue weighted by molar-refractivity contribution is 5.91. The van der Waals surface area contributed by atoms with Crippen LogP contribution in [0.25, 0.3) is 0 Å². The third-order valence-electron chi connectivity index (χ3n) is 4.99. The molecule has 0 bridgehead atoms. The molecule has 0 aromatic heterocycles. The van der Waals surface area contributed by atoms with E-state index in [2.05, 4.69) is 12.2 Å². The summed E-state index contributed by atoms with van der Waals surface area (Å²) in [6, 6.07) is 7.54. The first-order chi connectivity index (χ1) is 12.7. The lowest BCUT2D eigenvalue weighted by molar-refractivity contribution is -0.116. The van der Waals surface area contributed by atoms with Crippen LogP contribution in [-0.2, 0) is 4.79 Å². The maximum atomic E-state index is 12.1. The number of carbonyl (C=O) groups is 1. The van der Waals surface area contributed by atoms with E-state index in [1.54, 1.807) is 0 Å². The Morgan fingerprint density at radius 1 is 0.885 bits per heavy atom. The summed E-state index contributed by atoms with van der Waals surface area (Å²) in [6.45, 7) is 4.20. The fourth-order valence-electron chi connectivity index (χ4n) is 3.28. The van der Waals surface area contributed by atoms with E-state index in [1.165, 1.54) is 57.8 Å². The fraction of sp³-hybridized carbons (Fsp3) is 0.696. The van der Waals surface area contributed by atoms with Gasteiger partial charge in [-0.2, -0.15) is 0 Å². The second-order valence-electron chi connectivity index (χ2n) is 7.35. The van der Waals surface area contributed by atoms with Crippen LogP contribution in [0.3, 0.4) is 0 Å². The first kappa shape index (κ1) is 22.7.